The lowest BCUT2D eigenvalue weighted by Crippen LogP contribution is -2.50. The molecule has 3 fully saturated rings. The molecular weight excluding hydrogens is 216 g/mol. The second-order valence-electron chi connectivity index (χ2n) is 5.81. The number of aliphatic hydroxyl groups excluding tert-OH is 1. The van der Waals surface area contributed by atoms with Crippen LogP contribution in [0.25, 0.3) is 0 Å². The van der Waals surface area contributed by atoms with Gasteiger partial charge in [-0.05, 0) is 38.5 Å². The van der Waals surface area contributed by atoms with Crippen molar-refractivity contribution in [2.24, 2.45) is 0 Å². The van der Waals surface area contributed by atoms with Crippen LogP contribution < -0.4 is 5.32 Å². The summed E-state index contributed by atoms with van der Waals surface area (Å²) in [6.45, 7) is 0.834. The van der Waals surface area contributed by atoms with Crippen molar-refractivity contribution in [2.75, 3.05) is 6.54 Å². The fraction of sp³-hybridized carbons (Fsp3) is 0.923. The molecule has 0 aromatic rings. The molecule has 3 rings (SSSR count). The molecule has 17 heavy (non-hydrogen) atoms. The molecule has 0 spiro atoms. The Bertz CT molecular complexity index is 294. The van der Waals surface area contributed by atoms with Gasteiger partial charge in [0.25, 0.3) is 0 Å². The van der Waals surface area contributed by atoms with Crippen molar-refractivity contribution >= 4 is 5.91 Å². The second kappa shape index (κ2) is 4.58. The normalized spacial score (nSPS) is 43.2. The van der Waals surface area contributed by atoms with Crippen molar-refractivity contribution in [1.82, 2.24) is 10.2 Å². The van der Waals surface area contributed by atoms with Gasteiger partial charge in [-0.15, -0.1) is 0 Å². The van der Waals surface area contributed by atoms with Crippen molar-refractivity contribution in [3.05, 3.63) is 0 Å². The molecule has 3 aliphatic rings. The van der Waals surface area contributed by atoms with E-state index in [1.54, 1.807) is 0 Å². The number of hydrogen-bond acceptors (Lipinski definition) is 3. The molecular formula is C13H22N2O2. The summed E-state index contributed by atoms with van der Waals surface area (Å²) >= 11 is 0. The lowest BCUT2D eigenvalue weighted by Gasteiger charge is -2.42. The largest absolute Gasteiger partial charge is 0.393 e. The minimum Gasteiger partial charge on any atom is -0.393 e. The number of nitrogens with zero attached hydrogens (tertiary/aromatic N) is 1. The molecule has 4 nitrogen and oxygen atoms in total. The third-order valence-corrected chi connectivity index (χ3v) is 4.64. The predicted molar refractivity (Wildman–Crippen MR) is 64.5 cm³/mol. The van der Waals surface area contributed by atoms with Crippen molar-refractivity contribution in [1.29, 1.82) is 0 Å². The van der Waals surface area contributed by atoms with Crippen LogP contribution in [0.4, 0.5) is 0 Å². The van der Waals surface area contributed by atoms with E-state index < -0.39 is 0 Å². The number of carbonyl (C=O) groups is 1. The number of nitrogens with one attached hydrogen (secondary N) is 1. The van der Waals surface area contributed by atoms with E-state index in [1.165, 1.54) is 12.8 Å². The van der Waals surface area contributed by atoms with E-state index >= 15 is 0 Å². The van der Waals surface area contributed by atoms with Gasteiger partial charge in [0.1, 0.15) is 0 Å². The van der Waals surface area contributed by atoms with Gasteiger partial charge in [0, 0.05) is 31.1 Å². The number of rotatable bonds is 1. The maximum Gasteiger partial charge on any atom is 0.221 e. The molecule has 0 saturated carbocycles. The highest BCUT2D eigenvalue weighted by Crippen LogP contribution is 2.39. The van der Waals surface area contributed by atoms with Crippen LogP contribution in [0.3, 0.4) is 0 Å². The van der Waals surface area contributed by atoms with Crippen LogP contribution in [0.1, 0.15) is 44.9 Å². The monoisotopic (exact) mass is 238 g/mol. The van der Waals surface area contributed by atoms with Gasteiger partial charge < -0.3 is 10.4 Å². The predicted octanol–water partition coefficient (Wildman–Crippen LogP) is 0.643. The SMILES string of the molecule is O=C1CC(N2C3CCC2CC(O)C3)CCCN1. The summed E-state index contributed by atoms with van der Waals surface area (Å²) < 4.78 is 0. The third kappa shape index (κ3) is 2.20. The van der Waals surface area contributed by atoms with Crippen molar-refractivity contribution in [3.8, 4) is 0 Å². The lowest BCUT2D eigenvalue weighted by molar-refractivity contribution is -0.122. The second-order valence-corrected chi connectivity index (χ2v) is 5.81. The van der Waals surface area contributed by atoms with Gasteiger partial charge in [-0.2, -0.15) is 0 Å². The van der Waals surface area contributed by atoms with E-state index in [4.69, 9.17) is 0 Å². The molecule has 1 amide bonds. The third-order valence-electron chi connectivity index (χ3n) is 4.64. The van der Waals surface area contributed by atoms with Crippen LogP contribution >= 0.6 is 0 Å². The van der Waals surface area contributed by atoms with Crippen molar-refractivity contribution < 1.29 is 9.90 Å². The summed E-state index contributed by atoms with van der Waals surface area (Å²) in [5, 5.41) is 12.8. The van der Waals surface area contributed by atoms with E-state index in [0.717, 1.165) is 32.2 Å². The van der Waals surface area contributed by atoms with E-state index in [2.05, 4.69) is 10.2 Å². The van der Waals surface area contributed by atoms with Crippen LogP contribution in [-0.4, -0.2) is 46.7 Å². The molecule has 0 aromatic carbocycles. The Kier molecular flexibility index (Phi) is 3.09. The van der Waals surface area contributed by atoms with Crippen LogP contribution in [0, 0.1) is 0 Å². The maximum atomic E-state index is 11.6. The standard InChI is InChI=1S/C13H22N2O2/c16-12-6-10-3-4-11(7-12)15(10)9-2-1-5-14-13(17)8-9/h9-12,16H,1-8H2,(H,14,17). The van der Waals surface area contributed by atoms with E-state index in [-0.39, 0.29) is 12.0 Å². The first kappa shape index (κ1) is 11.5. The lowest BCUT2D eigenvalue weighted by atomic mass is 9.95. The molecule has 3 aliphatic heterocycles. The Morgan fingerprint density at radius 1 is 1.12 bits per heavy atom. The molecule has 3 unspecified atom stereocenters. The van der Waals surface area contributed by atoms with Gasteiger partial charge >= 0.3 is 0 Å². The van der Waals surface area contributed by atoms with Crippen molar-refractivity contribution in [2.45, 2.75) is 69.2 Å². The fourth-order valence-electron chi connectivity index (χ4n) is 3.99. The molecule has 4 heteroatoms. The summed E-state index contributed by atoms with van der Waals surface area (Å²) in [4.78, 5) is 14.2. The van der Waals surface area contributed by atoms with Gasteiger partial charge in [0.05, 0.1) is 6.10 Å². The molecule has 3 saturated heterocycles. The Balaban J connectivity index is 1.73. The van der Waals surface area contributed by atoms with Gasteiger partial charge in [-0.3, -0.25) is 9.69 Å². The summed E-state index contributed by atoms with van der Waals surface area (Å²) in [5.41, 5.74) is 0. The van der Waals surface area contributed by atoms with Gasteiger partial charge in [0.2, 0.25) is 5.91 Å². The summed E-state index contributed by atoms with van der Waals surface area (Å²) in [6, 6.07) is 1.47. The quantitative estimate of drug-likeness (QED) is 0.705. The first-order chi connectivity index (χ1) is 8.24. The van der Waals surface area contributed by atoms with Gasteiger partial charge in [0.15, 0.2) is 0 Å². The Hall–Kier alpha value is -0.610. The molecule has 3 atom stereocenters. The van der Waals surface area contributed by atoms with Crippen LogP contribution in [-0.2, 0) is 4.79 Å². The Morgan fingerprint density at radius 2 is 1.82 bits per heavy atom. The topological polar surface area (TPSA) is 52.6 Å². The number of piperidine rings is 1. The molecule has 0 aromatic heterocycles. The minimum absolute atomic E-state index is 0.108. The van der Waals surface area contributed by atoms with E-state index in [0.29, 0.717) is 24.5 Å². The average Bonchev–Trinajstić information content (AvgIpc) is 2.49. The van der Waals surface area contributed by atoms with E-state index in [1.807, 2.05) is 0 Å². The van der Waals surface area contributed by atoms with Crippen molar-refractivity contribution in [3.63, 3.8) is 0 Å². The first-order valence-electron chi connectivity index (χ1n) is 6.96. The minimum atomic E-state index is -0.108. The highest BCUT2D eigenvalue weighted by Gasteiger charge is 2.43. The number of fused-ring (bicyclic) bond motifs is 2. The molecule has 0 radical (unpaired) electrons. The zero-order valence-electron chi connectivity index (χ0n) is 10.3. The number of amides is 1. The number of carbonyl (C=O) groups excluding carboxylic acids is 1. The van der Waals surface area contributed by atoms with Crippen LogP contribution in [0.2, 0.25) is 0 Å². The first-order valence-corrected chi connectivity index (χ1v) is 6.96. The molecule has 0 aliphatic carbocycles. The summed E-state index contributed by atoms with van der Waals surface area (Å²) in [7, 11) is 0. The maximum absolute atomic E-state index is 11.6. The molecule has 96 valence electrons. The Morgan fingerprint density at radius 3 is 2.53 bits per heavy atom. The number of hydrogen-bond donors (Lipinski definition) is 2. The summed E-state index contributed by atoms with van der Waals surface area (Å²) in [5.74, 6) is 0.207. The van der Waals surface area contributed by atoms with Gasteiger partial charge in [-0.1, -0.05) is 0 Å². The zero-order chi connectivity index (χ0) is 11.8. The van der Waals surface area contributed by atoms with Gasteiger partial charge in [-0.25, -0.2) is 0 Å². The summed E-state index contributed by atoms with van der Waals surface area (Å²) in [6.07, 6.45) is 7.01. The molecule has 2 bridgehead atoms. The highest BCUT2D eigenvalue weighted by molar-refractivity contribution is 5.76. The average molecular weight is 238 g/mol. The van der Waals surface area contributed by atoms with Crippen LogP contribution in [0.15, 0.2) is 0 Å². The number of aliphatic hydroxyl groups is 1. The molecule has 3 heterocycles. The molecule has 2 N–H and O–H groups in total. The zero-order valence-corrected chi connectivity index (χ0v) is 10.3. The Labute approximate surface area is 102 Å². The smallest absolute Gasteiger partial charge is 0.221 e. The van der Waals surface area contributed by atoms with Crippen LogP contribution in [0.5, 0.6) is 0 Å². The highest BCUT2D eigenvalue weighted by atomic mass is 16.3. The van der Waals surface area contributed by atoms with E-state index in [9.17, 15) is 9.90 Å². The fourth-order valence-corrected chi connectivity index (χ4v) is 3.99.